The quantitative estimate of drug-likeness (QED) is 0.897. The highest BCUT2D eigenvalue weighted by Gasteiger charge is 2.25. The molecular formula is C15H21N3O2. The van der Waals surface area contributed by atoms with Crippen molar-refractivity contribution in [3.05, 3.63) is 30.3 Å². The molecule has 0 radical (unpaired) electrons. The van der Waals surface area contributed by atoms with E-state index in [4.69, 9.17) is 0 Å². The Morgan fingerprint density at radius 3 is 2.10 bits per heavy atom. The van der Waals surface area contributed by atoms with E-state index < -0.39 is 0 Å². The summed E-state index contributed by atoms with van der Waals surface area (Å²) in [6, 6.07) is 9.29. The molecule has 0 spiro atoms. The van der Waals surface area contributed by atoms with Crippen molar-refractivity contribution in [2.75, 3.05) is 31.5 Å². The number of carbonyl (C=O) groups is 2. The number of carbonyl (C=O) groups excluding carboxylic acids is 2. The molecule has 1 heterocycles. The van der Waals surface area contributed by atoms with Gasteiger partial charge in [0.1, 0.15) is 0 Å². The topological polar surface area (TPSA) is 52.7 Å². The van der Waals surface area contributed by atoms with E-state index in [1.54, 1.807) is 4.90 Å². The number of nitrogens with zero attached hydrogens (tertiary/aromatic N) is 2. The molecule has 2 rings (SSSR count). The van der Waals surface area contributed by atoms with Crippen LogP contribution in [0.1, 0.15) is 13.8 Å². The van der Waals surface area contributed by atoms with Crippen LogP contribution in [0.2, 0.25) is 0 Å². The standard InChI is InChI=1S/C15H21N3O2/c1-12(2)14(19)17-8-10-18(11-9-17)15(20)16-13-6-4-3-5-7-13/h3-7,12H,8-11H2,1-2H3,(H,16,20). The molecule has 5 nitrogen and oxygen atoms in total. The second-order valence-corrected chi connectivity index (χ2v) is 5.26. The molecule has 3 amide bonds. The van der Waals surface area contributed by atoms with Gasteiger partial charge in [-0.25, -0.2) is 4.79 Å². The van der Waals surface area contributed by atoms with Crippen molar-refractivity contribution in [2.24, 2.45) is 5.92 Å². The van der Waals surface area contributed by atoms with Crippen LogP contribution in [-0.2, 0) is 4.79 Å². The average Bonchev–Trinajstić information content (AvgIpc) is 2.47. The average molecular weight is 275 g/mol. The Morgan fingerprint density at radius 1 is 1.00 bits per heavy atom. The lowest BCUT2D eigenvalue weighted by molar-refractivity contribution is -0.135. The monoisotopic (exact) mass is 275 g/mol. The van der Waals surface area contributed by atoms with Crippen LogP contribution in [0.3, 0.4) is 0 Å². The Bertz CT molecular complexity index is 465. The van der Waals surface area contributed by atoms with Gasteiger partial charge in [0.25, 0.3) is 0 Å². The molecule has 1 aromatic rings. The number of rotatable bonds is 2. The zero-order valence-corrected chi connectivity index (χ0v) is 12.0. The number of para-hydroxylation sites is 1. The fourth-order valence-electron chi connectivity index (χ4n) is 2.22. The Balaban J connectivity index is 1.84. The molecule has 0 aromatic heterocycles. The number of amides is 3. The van der Waals surface area contributed by atoms with Crippen LogP contribution in [0.15, 0.2) is 30.3 Å². The van der Waals surface area contributed by atoms with E-state index >= 15 is 0 Å². The van der Waals surface area contributed by atoms with Crippen LogP contribution < -0.4 is 5.32 Å². The second kappa shape index (κ2) is 6.41. The highest BCUT2D eigenvalue weighted by molar-refractivity contribution is 5.89. The molecule has 1 aliphatic rings. The van der Waals surface area contributed by atoms with Gasteiger partial charge in [-0.3, -0.25) is 4.79 Å². The minimum absolute atomic E-state index is 0.0136. The Kier molecular flexibility index (Phi) is 4.61. The zero-order chi connectivity index (χ0) is 14.5. The van der Waals surface area contributed by atoms with Crippen LogP contribution >= 0.6 is 0 Å². The van der Waals surface area contributed by atoms with E-state index in [1.165, 1.54) is 0 Å². The molecular weight excluding hydrogens is 254 g/mol. The molecule has 108 valence electrons. The summed E-state index contributed by atoms with van der Waals surface area (Å²) in [5.41, 5.74) is 0.790. The number of benzene rings is 1. The fourth-order valence-corrected chi connectivity index (χ4v) is 2.22. The van der Waals surface area contributed by atoms with Crippen molar-refractivity contribution in [3.63, 3.8) is 0 Å². The number of nitrogens with one attached hydrogen (secondary N) is 1. The summed E-state index contributed by atoms with van der Waals surface area (Å²) >= 11 is 0. The lowest BCUT2D eigenvalue weighted by Gasteiger charge is -2.35. The van der Waals surface area contributed by atoms with Gasteiger partial charge in [0.2, 0.25) is 5.91 Å². The second-order valence-electron chi connectivity index (χ2n) is 5.26. The van der Waals surface area contributed by atoms with Crippen LogP contribution in [0.25, 0.3) is 0 Å². The van der Waals surface area contributed by atoms with Gasteiger partial charge in [0.15, 0.2) is 0 Å². The highest BCUT2D eigenvalue weighted by Crippen LogP contribution is 2.10. The van der Waals surface area contributed by atoms with Crippen molar-refractivity contribution >= 4 is 17.6 Å². The Morgan fingerprint density at radius 2 is 1.55 bits per heavy atom. The zero-order valence-electron chi connectivity index (χ0n) is 12.0. The molecule has 0 bridgehead atoms. The van der Waals surface area contributed by atoms with Crippen molar-refractivity contribution in [3.8, 4) is 0 Å². The van der Waals surface area contributed by atoms with Crippen LogP contribution in [-0.4, -0.2) is 47.9 Å². The van der Waals surface area contributed by atoms with E-state index in [-0.39, 0.29) is 17.9 Å². The number of hydrogen-bond donors (Lipinski definition) is 1. The van der Waals surface area contributed by atoms with E-state index in [0.29, 0.717) is 26.2 Å². The SMILES string of the molecule is CC(C)C(=O)N1CCN(C(=O)Nc2ccccc2)CC1. The molecule has 1 N–H and O–H groups in total. The van der Waals surface area contributed by atoms with E-state index in [1.807, 2.05) is 49.1 Å². The first-order chi connectivity index (χ1) is 9.58. The number of anilines is 1. The molecule has 0 unspecified atom stereocenters. The molecule has 0 saturated carbocycles. The first kappa shape index (κ1) is 14.4. The van der Waals surface area contributed by atoms with Crippen molar-refractivity contribution in [1.82, 2.24) is 9.80 Å². The van der Waals surface area contributed by atoms with E-state index in [0.717, 1.165) is 5.69 Å². The van der Waals surface area contributed by atoms with Gasteiger partial charge in [-0.2, -0.15) is 0 Å². The predicted molar refractivity (Wildman–Crippen MR) is 78.5 cm³/mol. The fraction of sp³-hybridized carbons (Fsp3) is 0.467. The maximum absolute atomic E-state index is 12.1. The van der Waals surface area contributed by atoms with Gasteiger partial charge in [-0.15, -0.1) is 0 Å². The molecule has 5 heteroatoms. The largest absolute Gasteiger partial charge is 0.339 e. The van der Waals surface area contributed by atoms with Gasteiger partial charge in [0.05, 0.1) is 0 Å². The minimum atomic E-state index is -0.104. The van der Waals surface area contributed by atoms with E-state index in [9.17, 15) is 9.59 Å². The number of urea groups is 1. The summed E-state index contributed by atoms with van der Waals surface area (Å²) < 4.78 is 0. The van der Waals surface area contributed by atoms with Gasteiger partial charge in [0, 0.05) is 37.8 Å². The molecule has 1 aliphatic heterocycles. The molecule has 0 aliphatic carbocycles. The Hall–Kier alpha value is -2.04. The number of hydrogen-bond acceptors (Lipinski definition) is 2. The van der Waals surface area contributed by atoms with Crippen LogP contribution in [0.5, 0.6) is 0 Å². The van der Waals surface area contributed by atoms with Gasteiger partial charge < -0.3 is 15.1 Å². The summed E-state index contributed by atoms with van der Waals surface area (Å²) in [4.78, 5) is 27.5. The van der Waals surface area contributed by atoms with Gasteiger partial charge in [-0.05, 0) is 12.1 Å². The third kappa shape index (κ3) is 3.50. The van der Waals surface area contributed by atoms with Crippen LogP contribution in [0, 0.1) is 5.92 Å². The summed E-state index contributed by atoms with van der Waals surface area (Å²) in [5, 5.41) is 2.86. The minimum Gasteiger partial charge on any atom is -0.339 e. The number of piperazine rings is 1. The summed E-state index contributed by atoms with van der Waals surface area (Å²) in [5.74, 6) is 0.174. The normalized spacial score (nSPS) is 15.3. The third-order valence-electron chi connectivity index (χ3n) is 3.40. The van der Waals surface area contributed by atoms with Crippen LogP contribution in [0.4, 0.5) is 10.5 Å². The molecule has 0 atom stereocenters. The summed E-state index contributed by atoms with van der Waals surface area (Å²) in [6.45, 7) is 6.18. The van der Waals surface area contributed by atoms with Crippen molar-refractivity contribution < 1.29 is 9.59 Å². The highest BCUT2D eigenvalue weighted by atomic mass is 16.2. The van der Waals surface area contributed by atoms with Gasteiger partial charge >= 0.3 is 6.03 Å². The maximum atomic E-state index is 12.1. The molecule has 1 saturated heterocycles. The lowest BCUT2D eigenvalue weighted by Crippen LogP contribution is -2.52. The first-order valence-electron chi connectivity index (χ1n) is 6.97. The molecule has 1 fully saturated rings. The molecule has 20 heavy (non-hydrogen) atoms. The predicted octanol–water partition coefficient (Wildman–Crippen LogP) is 2.02. The van der Waals surface area contributed by atoms with Crippen molar-refractivity contribution in [2.45, 2.75) is 13.8 Å². The maximum Gasteiger partial charge on any atom is 0.321 e. The van der Waals surface area contributed by atoms with Crippen molar-refractivity contribution in [1.29, 1.82) is 0 Å². The van der Waals surface area contributed by atoms with Gasteiger partial charge in [-0.1, -0.05) is 32.0 Å². The third-order valence-corrected chi connectivity index (χ3v) is 3.40. The lowest BCUT2D eigenvalue weighted by atomic mass is 10.1. The molecule has 1 aromatic carbocycles. The first-order valence-corrected chi connectivity index (χ1v) is 6.97. The smallest absolute Gasteiger partial charge is 0.321 e. The Labute approximate surface area is 119 Å². The summed E-state index contributed by atoms with van der Waals surface area (Å²) in [7, 11) is 0. The van der Waals surface area contributed by atoms with E-state index in [2.05, 4.69) is 5.32 Å². The summed E-state index contributed by atoms with van der Waals surface area (Å²) in [6.07, 6.45) is 0.